The van der Waals surface area contributed by atoms with E-state index in [2.05, 4.69) is 26.3 Å². The third kappa shape index (κ3) is 5.07. The molecule has 0 radical (unpaired) electrons. The number of benzene rings is 1. The van der Waals surface area contributed by atoms with Crippen LogP contribution in [0.15, 0.2) is 83.7 Å². The smallest absolute Gasteiger partial charge is 0.250 e. The van der Waals surface area contributed by atoms with Crippen LogP contribution < -0.4 is 20.3 Å². The van der Waals surface area contributed by atoms with Gasteiger partial charge in [-0.3, -0.25) is 9.78 Å². The van der Waals surface area contributed by atoms with Gasteiger partial charge in [0.15, 0.2) is 5.11 Å². The number of thiocarbonyl (C=S) groups is 1. The number of rotatable bonds is 9. The molecule has 1 amide bonds. The Balaban J connectivity index is 1.58. The Kier molecular flexibility index (Phi) is 7.20. The topological polar surface area (TPSA) is 93.8 Å². The van der Waals surface area contributed by atoms with E-state index in [1.165, 1.54) is 7.11 Å². The van der Waals surface area contributed by atoms with E-state index >= 15 is 0 Å². The fourth-order valence-electron chi connectivity index (χ4n) is 4.60. The zero-order valence-electron chi connectivity index (χ0n) is 20.5. The minimum atomic E-state index is -0.282. The van der Waals surface area contributed by atoms with Gasteiger partial charge in [-0.1, -0.05) is 6.07 Å². The lowest BCUT2D eigenvalue weighted by molar-refractivity contribution is -0.119. The molecule has 0 saturated carbocycles. The van der Waals surface area contributed by atoms with Crippen molar-refractivity contribution in [2.75, 3.05) is 31.0 Å². The number of nitrogens with zero attached hydrogens (tertiary/aromatic N) is 3. The lowest BCUT2D eigenvalue weighted by Gasteiger charge is -2.29. The van der Waals surface area contributed by atoms with Crippen molar-refractivity contribution in [3.8, 4) is 5.75 Å². The van der Waals surface area contributed by atoms with Crippen molar-refractivity contribution in [3.63, 3.8) is 0 Å². The zero-order chi connectivity index (χ0) is 25.8. The van der Waals surface area contributed by atoms with Gasteiger partial charge < -0.3 is 34.0 Å². The normalized spacial score (nSPS) is 17.0. The summed E-state index contributed by atoms with van der Waals surface area (Å²) in [6, 6.07) is 18.9. The van der Waals surface area contributed by atoms with E-state index in [0.717, 1.165) is 22.8 Å². The first-order valence-electron chi connectivity index (χ1n) is 11.7. The largest absolute Gasteiger partial charge is 0.495 e. The number of carbonyl (C=O) groups is 1. The highest BCUT2D eigenvalue weighted by Crippen LogP contribution is 2.43. The van der Waals surface area contributed by atoms with Crippen molar-refractivity contribution >= 4 is 34.6 Å². The van der Waals surface area contributed by atoms with Crippen molar-refractivity contribution in [2.24, 2.45) is 0 Å². The molecular weight excluding hydrogens is 490 g/mol. The molecule has 37 heavy (non-hydrogen) atoms. The minimum absolute atomic E-state index is 0.0677. The monoisotopic (exact) mass is 517 g/mol. The predicted molar refractivity (Wildman–Crippen MR) is 144 cm³/mol. The van der Waals surface area contributed by atoms with Crippen molar-refractivity contribution in [2.45, 2.75) is 18.6 Å². The quantitative estimate of drug-likeness (QED) is 0.318. The molecule has 2 atom stereocenters. The lowest BCUT2D eigenvalue weighted by Crippen LogP contribution is -2.30. The van der Waals surface area contributed by atoms with Crippen LogP contribution in [0.3, 0.4) is 0 Å². The molecule has 0 aliphatic carbocycles. The SMILES string of the molecule is COCC(=O)Nc1cc(N2C(=S)N[C@H](c3ccccn3)[C@@H]2c2cccn2Cc2ccco2)ccc1OC. The molecule has 0 spiro atoms. The van der Waals surface area contributed by atoms with E-state index in [0.29, 0.717) is 23.1 Å². The zero-order valence-corrected chi connectivity index (χ0v) is 21.3. The van der Waals surface area contributed by atoms with Crippen LogP contribution >= 0.6 is 12.2 Å². The predicted octanol–water partition coefficient (Wildman–Crippen LogP) is 4.30. The molecule has 9 nitrogen and oxygen atoms in total. The number of nitrogens with one attached hydrogen (secondary N) is 2. The van der Waals surface area contributed by atoms with Crippen LogP contribution in [0.4, 0.5) is 11.4 Å². The maximum absolute atomic E-state index is 12.3. The summed E-state index contributed by atoms with van der Waals surface area (Å²) in [5, 5.41) is 6.88. The van der Waals surface area contributed by atoms with Gasteiger partial charge in [0.1, 0.15) is 24.2 Å². The van der Waals surface area contributed by atoms with E-state index in [1.54, 1.807) is 19.6 Å². The highest BCUT2D eigenvalue weighted by atomic mass is 32.1. The van der Waals surface area contributed by atoms with Gasteiger partial charge in [-0.25, -0.2) is 0 Å². The number of furan rings is 1. The summed E-state index contributed by atoms with van der Waals surface area (Å²) < 4.78 is 18.2. The number of carbonyl (C=O) groups excluding carboxylic acids is 1. The van der Waals surface area contributed by atoms with Crippen LogP contribution in [0.2, 0.25) is 0 Å². The van der Waals surface area contributed by atoms with Crippen molar-refractivity contribution in [3.05, 3.63) is 96.5 Å². The van der Waals surface area contributed by atoms with Crippen LogP contribution in [0.1, 0.15) is 29.2 Å². The van der Waals surface area contributed by atoms with Gasteiger partial charge in [0.05, 0.1) is 37.3 Å². The van der Waals surface area contributed by atoms with E-state index in [1.807, 2.05) is 65.7 Å². The Bertz CT molecular complexity index is 1370. The summed E-state index contributed by atoms with van der Waals surface area (Å²) in [6.07, 6.45) is 5.47. The Hall–Kier alpha value is -4.15. The molecule has 2 N–H and O–H groups in total. The molecule has 4 heterocycles. The Morgan fingerprint density at radius 1 is 1.16 bits per heavy atom. The molecule has 0 unspecified atom stereocenters. The van der Waals surface area contributed by atoms with Crippen LogP contribution in [-0.4, -0.2) is 41.4 Å². The van der Waals surface area contributed by atoms with Crippen LogP contribution in [0, 0.1) is 0 Å². The number of hydrogen-bond donors (Lipinski definition) is 2. The minimum Gasteiger partial charge on any atom is -0.495 e. The summed E-state index contributed by atoms with van der Waals surface area (Å²) in [5.41, 5.74) is 3.21. The van der Waals surface area contributed by atoms with Crippen molar-refractivity contribution < 1.29 is 18.7 Å². The van der Waals surface area contributed by atoms with Gasteiger partial charge >= 0.3 is 0 Å². The lowest BCUT2D eigenvalue weighted by atomic mass is 10.0. The molecule has 1 fully saturated rings. The van der Waals surface area contributed by atoms with Crippen molar-refractivity contribution in [1.82, 2.24) is 14.9 Å². The second-order valence-electron chi connectivity index (χ2n) is 8.50. The maximum atomic E-state index is 12.3. The summed E-state index contributed by atoms with van der Waals surface area (Å²) in [6.45, 7) is 0.504. The van der Waals surface area contributed by atoms with Gasteiger partial charge in [-0.05, 0) is 66.8 Å². The second kappa shape index (κ2) is 10.9. The molecule has 1 aromatic carbocycles. The summed E-state index contributed by atoms with van der Waals surface area (Å²) in [7, 11) is 3.03. The number of ether oxygens (including phenoxy) is 2. The molecule has 1 aliphatic rings. The van der Waals surface area contributed by atoms with Crippen molar-refractivity contribution in [1.29, 1.82) is 0 Å². The van der Waals surface area contributed by atoms with Gasteiger partial charge in [0.2, 0.25) is 5.91 Å². The Morgan fingerprint density at radius 2 is 2.05 bits per heavy atom. The number of methoxy groups -OCH3 is 2. The van der Waals surface area contributed by atoms with Gasteiger partial charge in [-0.2, -0.15) is 0 Å². The van der Waals surface area contributed by atoms with Gasteiger partial charge in [0.25, 0.3) is 0 Å². The average molecular weight is 518 g/mol. The first-order valence-corrected chi connectivity index (χ1v) is 12.1. The third-order valence-electron chi connectivity index (χ3n) is 6.18. The molecule has 190 valence electrons. The summed E-state index contributed by atoms with van der Waals surface area (Å²) in [4.78, 5) is 19.0. The fraction of sp³-hybridized carbons (Fsp3) is 0.222. The molecule has 3 aromatic heterocycles. The Morgan fingerprint density at radius 3 is 2.78 bits per heavy atom. The fourth-order valence-corrected chi connectivity index (χ4v) is 4.95. The highest BCUT2D eigenvalue weighted by Gasteiger charge is 2.42. The van der Waals surface area contributed by atoms with E-state index in [9.17, 15) is 4.79 Å². The summed E-state index contributed by atoms with van der Waals surface area (Å²) in [5.74, 6) is 1.10. The van der Waals surface area contributed by atoms with Crippen LogP contribution in [0.25, 0.3) is 0 Å². The Labute approximate surface area is 220 Å². The number of amides is 1. The van der Waals surface area contributed by atoms with Gasteiger partial charge in [-0.15, -0.1) is 0 Å². The molecule has 1 saturated heterocycles. The van der Waals surface area contributed by atoms with Gasteiger partial charge in [0, 0.05) is 30.9 Å². The summed E-state index contributed by atoms with van der Waals surface area (Å²) >= 11 is 5.86. The molecule has 4 aromatic rings. The number of aromatic nitrogens is 2. The molecule has 5 rings (SSSR count). The van der Waals surface area contributed by atoms with E-state index in [4.69, 9.17) is 26.1 Å². The third-order valence-corrected chi connectivity index (χ3v) is 6.50. The first-order chi connectivity index (χ1) is 18.1. The van der Waals surface area contributed by atoms with Crippen LogP contribution in [-0.2, 0) is 16.1 Å². The second-order valence-corrected chi connectivity index (χ2v) is 8.89. The molecule has 10 heteroatoms. The number of anilines is 2. The maximum Gasteiger partial charge on any atom is 0.250 e. The highest BCUT2D eigenvalue weighted by molar-refractivity contribution is 7.80. The first kappa shape index (κ1) is 24.5. The number of hydrogen-bond acceptors (Lipinski definition) is 6. The average Bonchev–Trinajstić information content (AvgIpc) is 3.65. The van der Waals surface area contributed by atoms with E-state index < -0.39 is 0 Å². The molecule has 1 aliphatic heterocycles. The molecular formula is C27H27N5O4S. The van der Waals surface area contributed by atoms with E-state index in [-0.39, 0.29) is 24.6 Å². The van der Waals surface area contributed by atoms with Crippen LogP contribution in [0.5, 0.6) is 5.75 Å². The standard InChI is InChI=1S/C27H27N5O4S/c1-34-17-24(33)29-21-15-18(10-11-23(21)35-2)32-26(25(30-27(32)37)20-8-3-4-12-28-20)22-9-5-13-31(22)16-19-7-6-14-36-19/h3-15,25-26H,16-17H2,1-2H3,(H,29,33)(H,30,37)/t25-,26+/m1/s1. The number of pyridine rings is 1. The molecule has 0 bridgehead atoms.